The molecule has 50 heavy (non-hydrogen) atoms. The van der Waals surface area contributed by atoms with Gasteiger partial charge in [0.2, 0.25) is 11.8 Å². The van der Waals surface area contributed by atoms with Crippen molar-refractivity contribution in [2.45, 2.75) is 44.4 Å². The highest BCUT2D eigenvalue weighted by molar-refractivity contribution is 7.91. The first-order valence-corrected chi connectivity index (χ1v) is 16.5. The Hall–Kier alpha value is -5.45. The quantitative estimate of drug-likeness (QED) is 0.143. The van der Waals surface area contributed by atoms with Crippen LogP contribution in [0.25, 0.3) is 10.8 Å². The number of rotatable bonds is 11. The number of likely N-dealkylation sites (N-methyl/N-ethyl adjacent to an activating group) is 1. The van der Waals surface area contributed by atoms with Crippen LogP contribution in [0.5, 0.6) is 5.75 Å². The molecule has 1 aromatic heterocycles. The SMILES string of the molecule is CCOc1cccc(C(Nc2cc(F)c3c(N)nccc3c2)C(=O)N(C)Cc2cc(NC(C)=O)ccc2S(=O)(=O)CC)c1.O=C(O)C(F)(F)F. The van der Waals surface area contributed by atoms with Crippen molar-refractivity contribution in [1.29, 1.82) is 0 Å². The van der Waals surface area contributed by atoms with Crippen LogP contribution in [-0.4, -0.2) is 66.8 Å². The van der Waals surface area contributed by atoms with Gasteiger partial charge in [0.1, 0.15) is 23.4 Å². The highest BCUT2D eigenvalue weighted by Gasteiger charge is 2.38. The van der Waals surface area contributed by atoms with Crippen molar-refractivity contribution in [2.75, 3.05) is 35.8 Å². The van der Waals surface area contributed by atoms with Gasteiger partial charge < -0.3 is 31.1 Å². The molecule has 4 aromatic rings. The van der Waals surface area contributed by atoms with Gasteiger partial charge in [0.05, 0.1) is 22.6 Å². The number of hydrogen-bond donors (Lipinski definition) is 4. The number of fused-ring (bicyclic) bond motifs is 1. The van der Waals surface area contributed by atoms with E-state index in [-0.39, 0.29) is 34.3 Å². The summed E-state index contributed by atoms with van der Waals surface area (Å²) in [4.78, 5) is 40.1. The van der Waals surface area contributed by atoms with Gasteiger partial charge in [-0.1, -0.05) is 19.1 Å². The molecule has 1 atom stereocenters. The van der Waals surface area contributed by atoms with Crippen molar-refractivity contribution in [2.24, 2.45) is 0 Å². The lowest BCUT2D eigenvalue weighted by molar-refractivity contribution is -0.192. The molecule has 0 aliphatic rings. The minimum atomic E-state index is -5.08. The molecule has 17 heteroatoms. The summed E-state index contributed by atoms with van der Waals surface area (Å²) in [6.07, 6.45) is -3.61. The smallest absolute Gasteiger partial charge is 0.490 e. The molecule has 0 saturated carbocycles. The minimum Gasteiger partial charge on any atom is -0.494 e. The van der Waals surface area contributed by atoms with Gasteiger partial charge in [-0.25, -0.2) is 22.6 Å². The van der Waals surface area contributed by atoms with Gasteiger partial charge in [0.15, 0.2) is 9.84 Å². The second-order valence-electron chi connectivity index (χ2n) is 10.7. The van der Waals surface area contributed by atoms with Gasteiger partial charge in [-0.3, -0.25) is 9.59 Å². The zero-order valence-electron chi connectivity index (χ0n) is 27.3. The molecule has 0 aliphatic heterocycles. The van der Waals surface area contributed by atoms with E-state index in [4.69, 9.17) is 20.4 Å². The van der Waals surface area contributed by atoms with Crippen LogP contribution in [0.15, 0.2) is 71.8 Å². The number of sulfone groups is 1. The van der Waals surface area contributed by atoms with E-state index in [0.717, 1.165) is 0 Å². The summed E-state index contributed by atoms with van der Waals surface area (Å²) in [5, 5.41) is 13.6. The van der Waals surface area contributed by atoms with Crippen LogP contribution in [0.3, 0.4) is 0 Å². The maximum atomic E-state index is 15.1. The molecule has 0 fully saturated rings. The number of alkyl halides is 3. The fraction of sp³-hybridized carbons (Fsp3) is 0.273. The first kappa shape index (κ1) is 39.0. The molecule has 0 aliphatic carbocycles. The third kappa shape index (κ3) is 10.0. The summed E-state index contributed by atoms with van der Waals surface area (Å²) in [5.74, 6) is -3.64. The summed E-state index contributed by atoms with van der Waals surface area (Å²) >= 11 is 0. The number of carboxylic acid groups (broad SMARTS) is 1. The Morgan fingerprint density at radius 3 is 2.32 bits per heavy atom. The van der Waals surface area contributed by atoms with Crippen LogP contribution < -0.4 is 21.1 Å². The molecule has 268 valence electrons. The minimum absolute atomic E-state index is 0.0534. The Kier molecular flexibility index (Phi) is 12.7. The van der Waals surface area contributed by atoms with Crippen molar-refractivity contribution in [3.05, 3.63) is 83.8 Å². The topological polar surface area (TPSA) is 181 Å². The third-order valence-electron chi connectivity index (χ3n) is 7.03. The lowest BCUT2D eigenvalue weighted by Crippen LogP contribution is -2.35. The van der Waals surface area contributed by atoms with Gasteiger partial charge in [-0.05, 0) is 72.0 Å². The van der Waals surface area contributed by atoms with Crippen molar-refractivity contribution >= 4 is 55.6 Å². The van der Waals surface area contributed by atoms with Crippen LogP contribution in [0.4, 0.5) is 34.8 Å². The molecule has 3 aromatic carbocycles. The highest BCUT2D eigenvalue weighted by Crippen LogP contribution is 2.31. The Morgan fingerprint density at radius 2 is 1.72 bits per heavy atom. The number of aliphatic carboxylic acids is 1. The molecule has 0 spiro atoms. The van der Waals surface area contributed by atoms with E-state index < -0.39 is 39.7 Å². The lowest BCUT2D eigenvalue weighted by atomic mass is 10.0. The Balaban J connectivity index is 0.000000872. The summed E-state index contributed by atoms with van der Waals surface area (Å²) in [6, 6.07) is 15.0. The van der Waals surface area contributed by atoms with E-state index in [1.807, 2.05) is 6.92 Å². The lowest BCUT2D eigenvalue weighted by Gasteiger charge is -2.27. The molecule has 4 rings (SSSR count). The van der Waals surface area contributed by atoms with Crippen molar-refractivity contribution in [3.63, 3.8) is 0 Å². The summed E-state index contributed by atoms with van der Waals surface area (Å²) in [7, 11) is -2.10. The van der Waals surface area contributed by atoms with Crippen molar-refractivity contribution in [1.82, 2.24) is 9.88 Å². The number of ether oxygens (including phenoxy) is 1. The summed E-state index contributed by atoms with van der Waals surface area (Å²) < 4.78 is 78.3. The monoisotopic (exact) mass is 721 g/mol. The fourth-order valence-corrected chi connectivity index (χ4v) is 5.89. The molecular weight excluding hydrogens is 686 g/mol. The second kappa shape index (κ2) is 16.3. The van der Waals surface area contributed by atoms with E-state index in [9.17, 15) is 31.2 Å². The number of halogens is 4. The van der Waals surface area contributed by atoms with Gasteiger partial charge in [0, 0.05) is 38.1 Å². The van der Waals surface area contributed by atoms with Gasteiger partial charge in [-0.2, -0.15) is 13.2 Å². The standard InChI is InChI=1S/C31H34FN5O5S.C2HF3O2/c1-5-42-25-9-7-8-21(16-25)29(36-24-14-20-12-13-34-30(33)28(20)26(32)17-24)31(39)37(4)18-22-15-23(35-19(3)38)10-11-27(22)43(40,41)6-2;3-2(4,5)1(6)7/h7-17,29,36H,5-6,18H2,1-4H3,(H2,33,34)(H,35,38);(H,6,7). The van der Waals surface area contributed by atoms with Crippen LogP contribution in [-0.2, 0) is 30.8 Å². The maximum absolute atomic E-state index is 15.1. The number of hydrogen-bond acceptors (Lipinski definition) is 9. The Morgan fingerprint density at radius 1 is 1.04 bits per heavy atom. The number of carbonyl (C=O) groups is 3. The van der Waals surface area contributed by atoms with Crippen LogP contribution in [0.2, 0.25) is 0 Å². The summed E-state index contributed by atoms with van der Waals surface area (Å²) in [6.45, 7) is 5.06. The fourth-order valence-electron chi connectivity index (χ4n) is 4.78. The second-order valence-corrected chi connectivity index (χ2v) is 13.0. The number of amides is 2. The van der Waals surface area contributed by atoms with Crippen molar-refractivity contribution in [3.8, 4) is 5.75 Å². The Bertz CT molecular complexity index is 1990. The largest absolute Gasteiger partial charge is 0.494 e. The molecule has 1 unspecified atom stereocenters. The molecule has 12 nitrogen and oxygen atoms in total. The average Bonchev–Trinajstić information content (AvgIpc) is 3.03. The number of pyridine rings is 1. The molecule has 0 saturated heterocycles. The number of benzene rings is 3. The van der Waals surface area contributed by atoms with Gasteiger partial charge in [-0.15, -0.1) is 0 Å². The van der Waals surface area contributed by atoms with E-state index >= 15 is 4.39 Å². The Labute approximate surface area is 285 Å². The first-order valence-electron chi connectivity index (χ1n) is 14.9. The molecule has 5 N–H and O–H groups in total. The average molecular weight is 722 g/mol. The molecule has 0 radical (unpaired) electrons. The number of anilines is 3. The predicted molar refractivity (Wildman–Crippen MR) is 179 cm³/mol. The number of nitrogens with two attached hydrogens (primary N) is 1. The molecule has 0 bridgehead atoms. The van der Waals surface area contributed by atoms with E-state index in [0.29, 0.717) is 40.2 Å². The zero-order chi connectivity index (χ0) is 37.4. The normalized spacial score (nSPS) is 11.9. The highest BCUT2D eigenvalue weighted by atomic mass is 32.2. The van der Waals surface area contributed by atoms with Gasteiger partial charge >= 0.3 is 12.1 Å². The van der Waals surface area contributed by atoms with E-state index in [1.165, 1.54) is 43.1 Å². The number of nitrogen functional groups attached to an aromatic ring is 1. The third-order valence-corrected chi connectivity index (χ3v) is 8.86. The van der Waals surface area contributed by atoms with E-state index in [1.54, 1.807) is 49.5 Å². The summed E-state index contributed by atoms with van der Waals surface area (Å²) in [5.41, 5.74) is 7.50. The number of carboxylic acids is 1. The molecule has 1 heterocycles. The molecule has 2 amide bonds. The number of aromatic nitrogens is 1. The number of nitrogens with one attached hydrogen (secondary N) is 2. The van der Waals surface area contributed by atoms with Crippen LogP contribution in [0, 0.1) is 5.82 Å². The first-order chi connectivity index (χ1) is 23.4. The number of carbonyl (C=O) groups excluding carboxylic acids is 2. The van der Waals surface area contributed by atoms with E-state index in [2.05, 4.69) is 15.6 Å². The molecular formula is C33H35F4N5O7S. The zero-order valence-corrected chi connectivity index (χ0v) is 28.2. The van der Waals surface area contributed by atoms with Crippen LogP contribution in [0.1, 0.15) is 37.9 Å². The predicted octanol–water partition coefficient (Wildman–Crippen LogP) is 5.55. The number of nitrogens with zero attached hydrogens (tertiary/aromatic N) is 2. The maximum Gasteiger partial charge on any atom is 0.490 e. The van der Waals surface area contributed by atoms with Crippen molar-refractivity contribution < 1.29 is 50.2 Å². The van der Waals surface area contributed by atoms with Crippen LogP contribution >= 0.6 is 0 Å². The van der Waals surface area contributed by atoms with Gasteiger partial charge in [0.25, 0.3) is 0 Å².